The average Bonchev–Trinajstić information content (AvgIpc) is 3.19. The van der Waals surface area contributed by atoms with Crippen LogP contribution < -0.4 is 10.1 Å². The van der Waals surface area contributed by atoms with Crippen LogP contribution in [0.5, 0.6) is 5.75 Å². The number of pyridine rings is 1. The normalized spacial score (nSPS) is 14.1. The highest BCUT2D eigenvalue weighted by molar-refractivity contribution is 7.10. The summed E-state index contributed by atoms with van der Waals surface area (Å²) >= 11 is 1.90. The molecule has 0 saturated heterocycles. The maximum atomic E-state index is 6.01. The van der Waals surface area contributed by atoms with Crippen LogP contribution in [0.3, 0.4) is 0 Å². The molecule has 1 aliphatic heterocycles. The third-order valence-electron chi connectivity index (χ3n) is 4.90. The first-order valence-corrected chi connectivity index (χ1v) is 10.3. The Morgan fingerprint density at radius 3 is 3.04 bits per heavy atom. The number of fused-ring (bicyclic) bond motifs is 1. The molecule has 140 valence electrons. The lowest BCUT2D eigenvalue weighted by Gasteiger charge is -2.26. The highest BCUT2D eigenvalue weighted by Crippen LogP contribution is 2.23. The predicted octanol–water partition coefficient (Wildman–Crippen LogP) is 3.87. The van der Waals surface area contributed by atoms with Crippen molar-refractivity contribution in [3.63, 3.8) is 0 Å². The van der Waals surface area contributed by atoms with Gasteiger partial charge in [-0.3, -0.25) is 9.88 Å². The van der Waals surface area contributed by atoms with Gasteiger partial charge in [0.2, 0.25) is 0 Å². The summed E-state index contributed by atoms with van der Waals surface area (Å²) in [7, 11) is 0. The van der Waals surface area contributed by atoms with Crippen LogP contribution in [0.1, 0.15) is 21.6 Å². The summed E-state index contributed by atoms with van der Waals surface area (Å²) in [5.74, 6) is 0.940. The van der Waals surface area contributed by atoms with Crippen LogP contribution in [0, 0.1) is 0 Å². The van der Waals surface area contributed by atoms with E-state index in [0.29, 0.717) is 6.61 Å². The number of nitrogens with one attached hydrogen (secondary N) is 1. The first-order chi connectivity index (χ1) is 13.4. The molecule has 0 saturated carbocycles. The van der Waals surface area contributed by atoms with E-state index in [1.807, 2.05) is 41.8 Å². The van der Waals surface area contributed by atoms with Gasteiger partial charge in [-0.25, -0.2) is 0 Å². The first-order valence-electron chi connectivity index (χ1n) is 9.46. The molecule has 2 aromatic heterocycles. The highest BCUT2D eigenvalue weighted by atomic mass is 32.1. The Bertz CT molecular complexity index is 850. The maximum Gasteiger partial charge on any atom is 0.124 e. The van der Waals surface area contributed by atoms with Gasteiger partial charge in [-0.2, -0.15) is 0 Å². The lowest BCUT2D eigenvalue weighted by Crippen LogP contribution is -2.35. The van der Waals surface area contributed by atoms with Crippen molar-refractivity contribution in [1.82, 2.24) is 15.2 Å². The van der Waals surface area contributed by atoms with Gasteiger partial charge in [-0.05, 0) is 35.6 Å². The van der Waals surface area contributed by atoms with Crippen molar-refractivity contribution in [2.45, 2.75) is 26.1 Å². The molecule has 0 radical (unpaired) electrons. The highest BCUT2D eigenvalue weighted by Gasteiger charge is 2.16. The van der Waals surface area contributed by atoms with Crippen LogP contribution >= 0.6 is 11.3 Å². The molecular formula is C22H25N3OS. The molecule has 0 aliphatic carbocycles. The summed E-state index contributed by atoms with van der Waals surface area (Å²) in [6.07, 6.45) is 4.82. The van der Waals surface area contributed by atoms with Gasteiger partial charge in [0, 0.05) is 61.1 Å². The Kier molecular flexibility index (Phi) is 6.14. The summed E-state index contributed by atoms with van der Waals surface area (Å²) in [6.45, 7) is 5.68. The minimum absolute atomic E-state index is 0.543. The first kappa shape index (κ1) is 18.2. The van der Waals surface area contributed by atoms with Gasteiger partial charge in [0.15, 0.2) is 0 Å². The fourth-order valence-corrected chi connectivity index (χ4v) is 4.28. The Morgan fingerprint density at radius 1 is 1.15 bits per heavy atom. The van der Waals surface area contributed by atoms with Crippen LogP contribution in [-0.4, -0.2) is 29.5 Å². The van der Waals surface area contributed by atoms with Crippen molar-refractivity contribution in [3.8, 4) is 5.75 Å². The molecule has 3 aromatic rings. The number of aromatic nitrogens is 1. The Hall–Kier alpha value is -2.21. The van der Waals surface area contributed by atoms with Gasteiger partial charge in [-0.15, -0.1) is 11.3 Å². The second-order valence-corrected chi connectivity index (χ2v) is 7.83. The fraction of sp³-hybridized carbons (Fsp3) is 0.318. The van der Waals surface area contributed by atoms with E-state index in [2.05, 4.69) is 38.8 Å². The summed E-state index contributed by atoms with van der Waals surface area (Å²) in [5, 5.41) is 5.79. The number of nitrogens with zero attached hydrogens (tertiary/aromatic N) is 2. The van der Waals surface area contributed by atoms with Crippen molar-refractivity contribution in [2.75, 3.05) is 19.6 Å². The summed E-state index contributed by atoms with van der Waals surface area (Å²) in [4.78, 5) is 8.24. The second kappa shape index (κ2) is 9.13. The molecule has 1 aliphatic rings. The van der Waals surface area contributed by atoms with Crippen LogP contribution in [0.4, 0.5) is 0 Å². The predicted molar refractivity (Wildman–Crippen MR) is 110 cm³/mol. The Labute approximate surface area is 164 Å². The van der Waals surface area contributed by atoms with Crippen molar-refractivity contribution in [3.05, 3.63) is 81.8 Å². The van der Waals surface area contributed by atoms with Gasteiger partial charge >= 0.3 is 0 Å². The van der Waals surface area contributed by atoms with Gasteiger partial charge in [0.25, 0.3) is 0 Å². The molecule has 3 heterocycles. The van der Waals surface area contributed by atoms with Crippen molar-refractivity contribution in [1.29, 1.82) is 0 Å². The van der Waals surface area contributed by atoms with Crippen molar-refractivity contribution < 1.29 is 4.74 Å². The van der Waals surface area contributed by atoms with E-state index in [0.717, 1.165) is 37.5 Å². The van der Waals surface area contributed by atoms with Crippen LogP contribution in [0.2, 0.25) is 0 Å². The molecule has 0 amide bonds. The molecule has 0 atom stereocenters. The average molecular weight is 380 g/mol. The van der Waals surface area contributed by atoms with Gasteiger partial charge in [0.1, 0.15) is 12.4 Å². The van der Waals surface area contributed by atoms with Crippen LogP contribution in [0.15, 0.2) is 60.2 Å². The van der Waals surface area contributed by atoms with E-state index in [9.17, 15) is 0 Å². The van der Waals surface area contributed by atoms with E-state index in [4.69, 9.17) is 4.74 Å². The fourth-order valence-electron chi connectivity index (χ4n) is 3.39. The zero-order valence-corrected chi connectivity index (χ0v) is 16.3. The largest absolute Gasteiger partial charge is 0.489 e. The second-order valence-electron chi connectivity index (χ2n) is 6.83. The van der Waals surface area contributed by atoms with Crippen LogP contribution in [-0.2, 0) is 26.1 Å². The van der Waals surface area contributed by atoms with Crippen LogP contribution in [0.25, 0.3) is 0 Å². The van der Waals surface area contributed by atoms with Crippen molar-refractivity contribution in [2.24, 2.45) is 0 Å². The molecule has 1 aromatic carbocycles. The lowest BCUT2D eigenvalue weighted by atomic mass is 10.1. The van der Waals surface area contributed by atoms with Gasteiger partial charge < -0.3 is 10.1 Å². The summed E-state index contributed by atoms with van der Waals surface area (Å²) in [5.41, 5.74) is 3.79. The molecule has 5 heteroatoms. The number of hydrogen-bond donors (Lipinski definition) is 1. The van der Waals surface area contributed by atoms with E-state index >= 15 is 0 Å². The number of thiophene rings is 1. The van der Waals surface area contributed by atoms with E-state index < -0.39 is 0 Å². The minimum atomic E-state index is 0.543. The van der Waals surface area contributed by atoms with E-state index in [1.54, 1.807) is 11.1 Å². The van der Waals surface area contributed by atoms with E-state index in [1.165, 1.54) is 24.1 Å². The summed E-state index contributed by atoms with van der Waals surface area (Å²) < 4.78 is 6.01. The van der Waals surface area contributed by atoms with E-state index in [-0.39, 0.29) is 0 Å². The van der Waals surface area contributed by atoms with Gasteiger partial charge in [0.05, 0.1) is 0 Å². The monoisotopic (exact) mass is 379 g/mol. The molecule has 0 fully saturated rings. The third-order valence-corrected chi connectivity index (χ3v) is 5.92. The topological polar surface area (TPSA) is 37.4 Å². The standard InChI is InChI=1S/C22H25N3OS/c1-2-6-21(26-17-18-4-3-9-23-14-18)19(5-1)15-24-10-12-25-11-7-22-20(16-25)8-13-27-22/h1-6,8-9,13-14,24H,7,10-12,15-17H2. The summed E-state index contributed by atoms with van der Waals surface area (Å²) in [6, 6.07) is 14.5. The third kappa shape index (κ3) is 4.95. The van der Waals surface area contributed by atoms with Gasteiger partial charge in [-0.1, -0.05) is 24.3 Å². The minimum Gasteiger partial charge on any atom is -0.489 e. The molecule has 4 nitrogen and oxygen atoms in total. The number of para-hydroxylation sites is 1. The molecule has 0 bridgehead atoms. The maximum absolute atomic E-state index is 6.01. The number of hydrogen-bond acceptors (Lipinski definition) is 5. The number of ether oxygens (including phenoxy) is 1. The zero-order valence-electron chi connectivity index (χ0n) is 15.4. The molecular weight excluding hydrogens is 354 g/mol. The molecule has 0 unspecified atom stereocenters. The molecule has 27 heavy (non-hydrogen) atoms. The quantitative estimate of drug-likeness (QED) is 0.603. The molecule has 4 rings (SSSR count). The Balaban J connectivity index is 1.24. The smallest absolute Gasteiger partial charge is 0.124 e. The lowest BCUT2D eigenvalue weighted by molar-refractivity contribution is 0.255. The van der Waals surface area contributed by atoms with Crippen molar-refractivity contribution >= 4 is 11.3 Å². The number of benzene rings is 1. The zero-order chi connectivity index (χ0) is 18.3. The number of rotatable bonds is 8. The molecule has 1 N–H and O–H groups in total. The molecule has 0 spiro atoms. The SMILES string of the molecule is c1cncc(COc2ccccc2CNCCN2CCc3sccc3C2)c1. The Morgan fingerprint density at radius 2 is 2.11 bits per heavy atom.